The molecule has 0 aromatic carbocycles. The van der Waals surface area contributed by atoms with Crippen LogP contribution in [0.2, 0.25) is 0 Å². The molecule has 0 aliphatic heterocycles. The van der Waals surface area contributed by atoms with Crippen molar-refractivity contribution >= 4 is 0 Å². The first kappa shape index (κ1) is 16.9. The van der Waals surface area contributed by atoms with Crippen LogP contribution in [0, 0.1) is 0 Å². The van der Waals surface area contributed by atoms with Gasteiger partial charge < -0.3 is 5.32 Å². The van der Waals surface area contributed by atoms with Gasteiger partial charge in [-0.05, 0) is 70.2 Å². The van der Waals surface area contributed by atoms with Crippen molar-refractivity contribution in [2.24, 2.45) is 0 Å². The summed E-state index contributed by atoms with van der Waals surface area (Å²) in [6.07, 6.45) is 14.8. The Hall–Kier alpha value is -1.15. The Morgan fingerprint density at radius 2 is 2.10 bits per heavy atom. The maximum Gasteiger partial charge on any atom is 0.0299 e. The Morgan fingerprint density at radius 1 is 1.25 bits per heavy atom. The van der Waals surface area contributed by atoms with E-state index in [1.807, 2.05) is 18.5 Å². The molecule has 1 heterocycles. The minimum absolute atomic E-state index is 1.14. The van der Waals surface area contributed by atoms with E-state index in [4.69, 9.17) is 0 Å². The lowest BCUT2D eigenvalue weighted by Gasteiger charge is -2.04. The lowest BCUT2D eigenvalue weighted by atomic mass is 10.1. The molecule has 2 nitrogen and oxygen atoms in total. The third-order valence-electron chi connectivity index (χ3n) is 3.49. The zero-order chi connectivity index (χ0) is 14.5. The van der Waals surface area contributed by atoms with Crippen LogP contribution in [0.15, 0.2) is 36.2 Å². The number of aromatic nitrogens is 1. The average Bonchev–Trinajstić information content (AvgIpc) is 2.47. The van der Waals surface area contributed by atoms with Crippen molar-refractivity contribution in [3.63, 3.8) is 0 Å². The van der Waals surface area contributed by atoms with Gasteiger partial charge in [0.1, 0.15) is 0 Å². The van der Waals surface area contributed by atoms with Gasteiger partial charge in [0.25, 0.3) is 0 Å². The van der Waals surface area contributed by atoms with Crippen molar-refractivity contribution in [3.05, 3.63) is 41.7 Å². The Kier molecular flexibility index (Phi) is 9.85. The van der Waals surface area contributed by atoms with E-state index in [1.165, 1.54) is 44.1 Å². The Bertz CT molecular complexity index is 357. The van der Waals surface area contributed by atoms with E-state index >= 15 is 0 Å². The van der Waals surface area contributed by atoms with Gasteiger partial charge in [-0.2, -0.15) is 0 Å². The van der Waals surface area contributed by atoms with Gasteiger partial charge in [-0.3, -0.25) is 4.98 Å². The lowest BCUT2D eigenvalue weighted by molar-refractivity contribution is 0.605. The highest BCUT2D eigenvalue weighted by molar-refractivity contribution is 5.08. The first-order chi connectivity index (χ1) is 9.83. The molecule has 0 spiro atoms. The number of nitrogens with one attached hydrogen (secondary N) is 1. The summed E-state index contributed by atoms with van der Waals surface area (Å²) < 4.78 is 0. The molecule has 0 amide bonds. The van der Waals surface area contributed by atoms with Crippen LogP contribution in [0.5, 0.6) is 0 Å². The second-order valence-corrected chi connectivity index (χ2v) is 5.51. The second kappa shape index (κ2) is 11.7. The summed E-state index contributed by atoms with van der Waals surface area (Å²) in [5.74, 6) is 0. The number of allylic oxidation sites excluding steroid dienone is 2. The predicted molar refractivity (Wildman–Crippen MR) is 87.9 cm³/mol. The van der Waals surface area contributed by atoms with Gasteiger partial charge in [0.2, 0.25) is 0 Å². The van der Waals surface area contributed by atoms with Crippen LogP contribution in [0.1, 0.15) is 57.9 Å². The van der Waals surface area contributed by atoms with E-state index in [9.17, 15) is 0 Å². The number of hydrogen-bond donors (Lipinski definition) is 1. The molecule has 1 aromatic heterocycles. The molecular weight excluding hydrogens is 244 g/mol. The van der Waals surface area contributed by atoms with Gasteiger partial charge in [0, 0.05) is 12.4 Å². The molecule has 0 aliphatic rings. The molecular formula is C18H30N2. The molecule has 1 rings (SSSR count). The molecule has 20 heavy (non-hydrogen) atoms. The molecule has 0 radical (unpaired) electrons. The summed E-state index contributed by atoms with van der Waals surface area (Å²) in [4.78, 5) is 4.14. The van der Waals surface area contributed by atoms with E-state index in [0.29, 0.717) is 0 Å². The molecule has 112 valence electrons. The van der Waals surface area contributed by atoms with Crippen LogP contribution >= 0.6 is 0 Å². The highest BCUT2D eigenvalue weighted by Gasteiger charge is 1.93. The highest BCUT2D eigenvalue weighted by Crippen LogP contribution is 2.05. The smallest absolute Gasteiger partial charge is 0.0299 e. The molecule has 2 heteroatoms. The monoisotopic (exact) mass is 274 g/mol. The summed E-state index contributed by atoms with van der Waals surface area (Å²) in [5, 5.41) is 3.53. The van der Waals surface area contributed by atoms with Crippen molar-refractivity contribution in [3.8, 4) is 0 Å². The minimum Gasteiger partial charge on any atom is -0.317 e. The number of pyridine rings is 1. The van der Waals surface area contributed by atoms with E-state index in [-0.39, 0.29) is 0 Å². The van der Waals surface area contributed by atoms with Crippen molar-refractivity contribution in [1.29, 1.82) is 0 Å². The molecule has 0 saturated carbocycles. The van der Waals surface area contributed by atoms with Gasteiger partial charge in [-0.1, -0.05) is 31.1 Å². The Morgan fingerprint density at radius 3 is 2.85 bits per heavy atom. The number of unbranched alkanes of at least 4 members (excludes halogenated alkanes) is 2. The fraction of sp³-hybridized carbons (Fsp3) is 0.611. The van der Waals surface area contributed by atoms with Crippen molar-refractivity contribution < 1.29 is 0 Å². The zero-order valence-corrected chi connectivity index (χ0v) is 13.2. The van der Waals surface area contributed by atoms with Crippen molar-refractivity contribution in [2.75, 3.05) is 13.1 Å². The summed E-state index contributed by atoms with van der Waals surface area (Å²) in [6.45, 7) is 6.76. The number of hydrogen-bond acceptors (Lipinski definition) is 2. The summed E-state index contributed by atoms with van der Waals surface area (Å²) >= 11 is 0. The first-order valence-corrected chi connectivity index (χ1v) is 8.08. The number of aryl methyl sites for hydroxylation is 1. The van der Waals surface area contributed by atoms with Gasteiger partial charge >= 0.3 is 0 Å². The van der Waals surface area contributed by atoms with Crippen LogP contribution in [-0.4, -0.2) is 18.1 Å². The fourth-order valence-electron chi connectivity index (χ4n) is 2.32. The third kappa shape index (κ3) is 8.87. The van der Waals surface area contributed by atoms with Crippen LogP contribution in [-0.2, 0) is 6.42 Å². The Labute approximate surface area is 124 Å². The normalized spacial score (nSPS) is 11.8. The van der Waals surface area contributed by atoms with Crippen molar-refractivity contribution in [2.45, 2.75) is 58.8 Å². The molecule has 0 saturated heterocycles. The molecule has 0 aliphatic carbocycles. The van der Waals surface area contributed by atoms with Crippen molar-refractivity contribution in [1.82, 2.24) is 10.3 Å². The average molecular weight is 274 g/mol. The summed E-state index contributed by atoms with van der Waals surface area (Å²) in [5.41, 5.74) is 2.90. The van der Waals surface area contributed by atoms with E-state index < -0.39 is 0 Å². The molecule has 0 fully saturated rings. The topological polar surface area (TPSA) is 24.9 Å². The summed E-state index contributed by atoms with van der Waals surface area (Å²) in [6, 6.07) is 4.17. The number of rotatable bonds is 11. The largest absolute Gasteiger partial charge is 0.317 e. The lowest BCUT2D eigenvalue weighted by Crippen LogP contribution is -2.16. The molecule has 0 atom stereocenters. The van der Waals surface area contributed by atoms with Gasteiger partial charge in [-0.25, -0.2) is 0 Å². The van der Waals surface area contributed by atoms with Crippen LogP contribution in [0.3, 0.4) is 0 Å². The number of nitrogens with zero attached hydrogens (tertiary/aromatic N) is 1. The quantitative estimate of drug-likeness (QED) is 0.474. The minimum atomic E-state index is 1.14. The Balaban J connectivity index is 1.89. The van der Waals surface area contributed by atoms with E-state index in [0.717, 1.165) is 19.5 Å². The predicted octanol–water partition coefficient (Wildman–Crippen LogP) is 4.52. The van der Waals surface area contributed by atoms with Crippen LogP contribution in [0.4, 0.5) is 0 Å². The van der Waals surface area contributed by atoms with Gasteiger partial charge in [0.05, 0.1) is 0 Å². The molecule has 1 aromatic rings. The summed E-state index contributed by atoms with van der Waals surface area (Å²) in [7, 11) is 0. The van der Waals surface area contributed by atoms with Gasteiger partial charge in [0.15, 0.2) is 0 Å². The first-order valence-electron chi connectivity index (χ1n) is 8.08. The van der Waals surface area contributed by atoms with Gasteiger partial charge in [-0.15, -0.1) is 0 Å². The molecule has 0 unspecified atom stereocenters. The molecule has 1 N–H and O–H groups in total. The maximum atomic E-state index is 4.14. The van der Waals surface area contributed by atoms with E-state index in [1.54, 1.807) is 5.57 Å². The van der Waals surface area contributed by atoms with Crippen LogP contribution in [0.25, 0.3) is 0 Å². The maximum absolute atomic E-state index is 4.14. The molecule has 0 bridgehead atoms. The standard InChI is InChI=1S/C18H30N2/c1-3-9-17(2)10-4-6-13-19-14-7-5-11-18-12-8-15-20-16-18/h8,10,12,15-16,19H,3-7,9,11,13-14H2,1-2H3. The van der Waals surface area contributed by atoms with E-state index in [2.05, 4.69) is 36.3 Å². The zero-order valence-electron chi connectivity index (χ0n) is 13.2. The van der Waals surface area contributed by atoms with Crippen LogP contribution < -0.4 is 5.32 Å². The third-order valence-corrected chi connectivity index (χ3v) is 3.49. The highest BCUT2D eigenvalue weighted by atomic mass is 14.8. The fourth-order valence-corrected chi connectivity index (χ4v) is 2.32. The SMILES string of the molecule is CCCC(C)=CCCCNCCCCc1cccnc1. The second-order valence-electron chi connectivity index (χ2n) is 5.51.